The maximum atomic E-state index is 9.13. The van der Waals surface area contributed by atoms with Gasteiger partial charge in [0.2, 0.25) is 0 Å². The van der Waals surface area contributed by atoms with Crippen molar-refractivity contribution >= 4 is 5.69 Å². The number of aliphatic hydroxyl groups is 1. The van der Waals surface area contributed by atoms with Crippen LogP contribution in [0.4, 0.5) is 5.69 Å². The molecule has 1 aliphatic heterocycles. The summed E-state index contributed by atoms with van der Waals surface area (Å²) < 4.78 is 5.13. The topological polar surface area (TPSA) is 35.9 Å². The van der Waals surface area contributed by atoms with Gasteiger partial charge in [-0.15, -0.1) is 0 Å². The zero-order valence-corrected chi connectivity index (χ0v) is 12.4. The van der Waals surface area contributed by atoms with E-state index in [1.165, 1.54) is 24.1 Å². The molecule has 1 aliphatic rings. The molecule has 0 amide bonds. The van der Waals surface area contributed by atoms with Gasteiger partial charge in [-0.25, -0.2) is 0 Å². The maximum Gasteiger partial charge on any atom is 0.0589 e. The number of nitrogens with zero attached hydrogens (tertiary/aromatic N) is 2. The van der Waals surface area contributed by atoms with E-state index in [0.717, 1.165) is 39.3 Å². The van der Waals surface area contributed by atoms with Crippen LogP contribution < -0.4 is 4.90 Å². The van der Waals surface area contributed by atoms with Crippen LogP contribution in [0.15, 0.2) is 24.3 Å². The summed E-state index contributed by atoms with van der Waals surface area (Å²) in [6.45, 7) is 5.65. The first-order valence-corrected chi connectivity index (χ1v) is 7.50. The second-order valence-electron chi connectivity index (χ2n) is 5.28. The fourth-order valence-corrected chi connectivity index (χ4v) is 2.80. The highest BCUT2D eigenvalue weighted by Crippen LogP contribution is 2.26. The number of hydrogen-bond acceptors (Lipinski definition) is 4. The average molecular weight is 278 g/mol. The van der Waals surface area contributed by atoms with E-state index < -0.39 is 0 Å². The molecule has 0 spiro atoms. The summed E-state index contributed by atoms with van der Waals surface area (Å²) in [5.41, 5.74) is 2.85. The fraction of sp³-hybridized carbons (Fsp3) is 0.625. The van der Waals surface area contributed by atoms with Gasteiger partial charge in [0.05, 0.1) is 13.2 Å². The van der Waals surface area contributed by atoms with Crippen LogP contribution in [0.3, 0.4) is 0 Å². The van der Waals surface area contributed by atoms with E-state index in [9.17, 15) is 0 Å². The lowest BCUT2D eigenvalue weighted by Gasteiger charge is -2.33. The lowest BCUT2D eigenvalue weighted by atomic mass is 10.0. The van der Waals surface area contributed by atoms with Gasteiger partial charge in [0, 0.05) is 45.5 Å². The highest BCUT2D eigenvalue weighted by Gasteiger charge is 2.16. The van der Waals surface area contributed by atoms with Gasteiger partial charge in [0.15, 0.2) is 0 Å². The van der Waals surface area contributed by atoms with E-state index in [2.05, 4.69) is 34.1 Å². The minimum absolute atomic E-state index is 0.209. The Labute approximate surface area is 122 Å². The molecule has 0 radical (unpaired) electrons. The molecule has 1 aromatic carbocycles. The van der Waals surface area contributed by atoms with Gasteiger partial charge >= 0.3 is 0 Å². The molecule has 0 saturated carbocycles. The molecule has 20 heavy (non-hydrogen) atoms. The molecule has 1 heterocycles. The van der Waals surface area contributed by atoms with Gasteiger partial charge in [0.1, 0.15) is 0 Å². The first-order chi connectivity index (χ1) is 9.85. The Morgan fingerprint density at radius 3 is 2.90 bits per heavy atom. The quantitative estimate of drug-likeness (QED) is 0.779. The molecule has 0 aromatic heterocycles. The third-order valence-electron chi connectivity index (χ3n) is 3.92. The molecular weight excluding hydrogens is 252 g/mol. The van der Waals surface area contributed by atoms with E-state index >= 15 is 0 Å². The first kappa shape index (κ1) is 15.3. The van der Waals surface area contributed by atoms with Crippen molar-refractivity contribution in [2.45, 2.75) is 12.8 Å². The van der Waals surface area contributed by atoms with Crippen LogP contribution in [0.5, 0.6) is 0 Å². The number of para-hydroxylation sites is 1. The number of benzene rings is 1. The van der Waals surface area contributed by atoms with Crippen molar-refractivity contribution in [3.63, 3.8) is 0 Å². The molecule has 4 nitrogen and oxygen atoms in total. The van der Waals surface area contributed by atoms with Crippen molar-refractivity contribution in [1.29, 1.82) is 0 Å². The van der Waals surface area contributed by atoms with Crippen LogP contribution in [-0.2, 0) is 11.2 Å². The van der Waals surface area contributed by atoms with Crippen molar-refractivity contribution < 1.29 is 9.84 Å². The monoisotopic (exact) mass is 278 g/mol. The maximum absolute atomic E-state index is 9.13. The van der Waals surface area contributed by atoms with Gasteiger partial charge < -0.3 is 14.7 Å². The SMILES string of the molecule is COCCN(CCO)CCN1CCCc2ccccc21. The molecule has 1 N–H and O–H groups in total. The highest BCUT2D eigenvalue weighted by atomic mass is 16.5. The average Bonchev–Trinajstić information content (AvgIpc) is 2.50. The number of fused-ring (bicyclic) bond motifs is 1. The van der Waals surface area contributed by atoms with Gasteiger partial charge in [-0.3, -0.25) is 4.90 Å². The molecule has 2 rings (SSSR count). The molecule has 0 aliphatic carbocycles. The Kier molecular flexibility index (Phi) is 6.30. The number of aliphatic hydroxyl groups excluding tert-OH is 1. The van der Waals surface area contributed by atoms with Gasteiger partial charge in [-0.05, 0) is 24.5 Å². The standard InChI is InChI=1S/C16H26N2O2/c1-20-14-12-17(11-13-19)9-10-18-8-4-6-15-5-2-3-7-16(15)18/h2-3,5,7,19H,4,6,8-14H2,1H3. The summed E-state index contributed by atoms with van der Waals surface area (Å²) in [7, 11) is 1.72. The van der Waals surface area contributed by atoms with E-state index in [0.29, 0.717) is 0 Å². The molecular formula is C16H26N2O2. The predicted octanol–water partition coefficient (Wildman–Crippen LogP) is 1.38. The molecule has 0 atom stereocenters. The minimum atomic E-state index is 0.209. The highest BCUT2D eigenvalue weighted by molar-refractivity contribution is 5.55. The Balaban J connectivity index is 1.89. The Morgan fingerprint density at radius 2 is 2.10 bits per heavy atom. The Hall–Kier alpha value is -1.10. The molecule has 4 heteroatoms. The molecule has 112 valence electrons. The van der Waals surface area contributed by atoms with Crippen molar-refractivity contribution in [2.24, 2.45) is 0 Å². The molecule has 1 aromatic rings. The van der Waals surface area contributed by atoms with E-state index in [4.69, 9.17) is 9.84 Å². The summed E-state index contributed by atoms with van der Waals surface area (Å²) in [5, 5.41) is 9.13. The Bertz CT molecular complexity index is 398. The second kappa shape index (κ2) is 8.25. The number of methoxy groups -OCH3 is 1. The summed E-state index contributed by atoms with van der Waals surface area (Å²) >= 11 is 0. The summed E-state index contributed by atoms with van der Waals surface area (Å²) in [4.78, 5) is 4.73. The third-order valence-corrected chi connectivity index (χ3v) is 3.92. The smallest absolute Gasteiger partial charge is 0.0589 e. The number of aryl methyl sites for hydroxylation is 1. The summed E-state index contributed by atoms with van der Waals surface area (Å²) in [6.07, 6.45) is 2.42. The van der Waals surface area contributed by atoms with Gasteiger partial charge in [0.25, 0.3) is 0 Å². The number of rotatable bonds is 8. The van der Waals surface area contributed by atoms with Crippen molar-refractivity contribution in [1.82, 2.24) is 4.90 Å². The fourth-order valence-electron chi connectivity index (χ4n) is 2.80. The number of ether oxygens (including phenoxy) is 1. The molecule has 0 bridgehead atoms. The zero-order valence-electron chi connectivity index (χ0n) is 12.4. The van der Waals surface area contributed by atoms with E-state index in [1.807, 2.05) is 0 Å². The normalized spacial score (nSPS) is 14.7. The second-order valence-corrected chi connectivity index (χ2v) is 5.28. The summed E-state index contributed by atoms with van der Waals surface area (Å²) in [6, 6.07) is 8.70. The van der Waals surface area contributed by atoms with E-state index in [1.54, 1.807) is 7.11 Å². The van der Waals surface area contributed by atoms with Crippen LogP contribution in [0.25, 0.3) is 0 Å². The molecule has 0 saturated heterocycles. The zero-order chi connectivity index (χ0) is 14.2. The Morgan fingerprint density at radius 1 is 1.25 bits per heavy atom. The van der Waals surface area contributed by atoms with E-state index in [-0.39, 0.29) is 6.61 Å². The van der Waals surface area contributed by atoms with Crippen LogP contribution in [0.2, 0.25) is 0 Å². The van der Waals surface area contributed by atoms with Gasteiger partial charge in [-0.1, -0.05) is 18.2 Å². The summed E-state index contributed by atoms with van der Waals surface area (Å²) in [5.74, 6) is 0. The molecule has 0 unspecified atom stereocenters. The lowest BCUT2D eigenvalue weighted by Crippen LogP contribution is -2.40. The van der Waals surface area contributed by atoms with Gasteiger partial charge in [-0.2, -0.15) is 0 Å². The van der Waals surface area contributed by atoms with Crippen molar-refractivity contribution in [3.05, 3.63) is 29.8 Å². The van der Waals surface area contributed by atoms with Crippen LogP contribution in [-0.4, -0.2) is 63.1 Å². The lowest BCUT2D eigenvalue weighted by molar-refractivity contribution is 0.132. The van der Waals surface area contributed by atoms with Crippen molar-refractivity contribution in [2.75, 3.05) is 57.9 Å². The minimum Gasteiger partial charge on any atom is -0.395 e. The van der Waals surface area contributed by atoms with Crippen molar-refractivity contribution in [3.8, 4) is 0 Å². The first-order valence-electron chi connectivity index (χ1n) is 7.50. The van der Waals surface area contributed by atoms with Crippen LogP contribution in [0, 0.1) is 0 Å². The van der Waals surface area contributed by atoms with Crippen LogP contribution in [0.1, 0.15) is 12.0 Å². The number of hydrogen-bond donors (Lipinski definition) is 1. The van der Waals surface area contributed by atoms with Crippen LogP contribution >= 0.6 is 0 Å². The number of anilines is 1. The largest absolute Gasteiger partial charge is 0.395 e. The molecule has 0 fully saturated rings. The predicted molar refractivity (Wildman–Crippen MR) is 82.4 cm³/mol. The third kappa shape index (κ3) is 4.20.